The first kappa shape index (κ1) is 123. The van der Waals surface area contributed by atoms with Crippen molar-refractivity contribution in [2.75, 3.05) is 42.2 Å². The van der Waals surface area contributed by atoms with Gasteiger partial charge in [-0.3, -0.25) is 19.2 Å². The van der Waals surface area contributed by atoms with Crippen LogP contribution in [0.5, 0.6) is 17.2 Å². The Labute approximate surface area is 879 Å². The number of carbonyl (C=O) groups excluding carboxylic acids is 4. The maximum Gasteiger partial charge on any atom is 0.308 e. The van der Waals surface area contributed by atoms with Crippen molar-refractivity contribution >= 4 is 68.6 Å². The molecular weight excluding hydrogens is 1930 g/mol. The van der Waals surface area contributed by atoms with Gasteiger partial charge in [0.15, 0.2) is 50.6 Å². The first-order chi connectivity index (χ1) is 67.9. The van der Waals surface area contributed by atoms with Gasteiger partial charge in [-0.05, 0) is 177 Å². The fourth-order valence-electron chi connectivity index (χ4n) is 21.1. The van der Waals surface area contributed by atoms with Crippen molar-refractivity contribution in [2.24, 2.45) is 23.7 Å². The van der Waals surface area contributed by atoms with E-state index in [0.717, 1.165) is 51.9 Å². The van der Waals surface area contributed by atoms with Crippen molar-refractivity contribution in [3.05, 3.63) is 162 Å². The molecule has 24 atom stereocenters. The molecule has 6 saturated heterocycles. The molecule has 2 spiro atoms. The number of halogens is 1. The number of esters is 3. The number of methoxy groups -OCH3 is 5. The average Bonchev–Trinajstić information content (AvgIpc) is 0.742. The lowest BCUT2D eigenvalue weighted by Gasteiger charge is -2.55. The van der Waals surface area contributed by atoms with Gasteiger partial charge in [0.05, 0.1) is 132 Å². The maximum absolute atomic E-state index is 15.5. The predicted molar refractivity (Wildman–Crippen MR) is 581 cm³/mol. The Hall–Kier alpha value is -5.86. The van der Waals surface area contributed by atoms with Crippen LogP contribution in [0.4, 0.5) is 0 Å². The van der Waals surface area contributed by atoms with Crippen molar-refractivity contribution in [2.45, 2.75) is 454 Å². The predicted octanol–water partition coefficient (Wildman–Crippen LogP) is 25.5. The summed E-state index contributed by atoms with van der Waals surface area (Å²) in [7, 11) is -1.35. The van der Waals surface area contributed by atoms with Crippen LogP contribution in [0.3, 0.4) is 0 Å². The molecule has 6 heterocycles. The molecule has 0 bridgehead atoms. The van der Waals surface area contributed by atoms with Crippen LogP contribution in [0.2, 0.25) is 72.5 Å². The van der Waals surface area contributed by atoms with E-state index in [1.165, 1.54) is 19.9 Å². The number of rotatable bonds is 52. The standard InChI is InChI=1S/C115H183ClO25Si4/c1-35-58-126-103(120)66-94-64-96(130-83(12)117)69-114(135-94)75-112(23,141-145(36-2,37-3)38-4)67-97(136-114)61-77(6)79(8)104(131-84(13)118)80(9)99(119)65-93-63-95(124-27)68-113(134-93)70-98(139-143(31,32)110(17,18)19)62-91(133-113)42-40-39-41-43-100-81(10)102(140-144(33,34)111(20,21)22)71-115(125-28,137-100)108(129-74-87-49-56-90(123-26)57-50-87)106-82(11)105(127-72-85-45-52-88(121-24)53-46-85)107(128-73-86-47-54-89(122-25)55-48-86)101(132-106)60-76(5)59-92(51-44-78(7)116)138-142(29,30)109(14,15)16/h35,40,42,44-57,79-82,91-98,100-102,104-108H,1,5-7,36-39,41,43,58-75H2,2-4,8-34H3/b42-40-,51-44+/t79-,80-,81+,82-,91+,92-,93+,94-,95+,96+,97+,98+,100-,101-,102+,104+,105-,106-,107+,108+,112+,113+,114-,115-/m1/s1. The van der Waals surface area contributed by atoms with Crippen LogP contribution in [-0.4, -0.2) is 220 Å². The van der Waals surface area contributed by atoms with Crippen LogP contribution in [0.15, 0.2) is 146 Å². The molecule has 0 unspecified atom stereocenters. The minimum atomic E-state index is -2.58. The second kappa shape index (κ2) is 53.1. The largest absolute Gasteiger partial charge is 0.497 e. The second-order valence-electron chi connectivity index (χ2n) is 46.9. The lowest BCUT2D eigenvalue weighted by molar-refractivity contribution is -0.368. The molecule has 816 valence electrons. The molecule has 0 saturated carbocycles. The number of hydrogen-bond donors (Lipinski definition) is 0. The second-order valence-corrected chi connectivity index (χ2v) is 66.3. The molecule has 6 aliphatic heterocycles. The summed E-state index contributed by atoms with van der Waals surface area (Å²) in [6.07, 6.45) is 6.17. The quantitative estimate of drug-likeness (QED) is 0.0127. The Kier molecular flexibility index (Phi) is 44.9. The average molecular weight is 2110 g/mol. The molecule has 0 aliphatic carbocycles. The van der Waals surface area contributed by atoms with E-state index >= 15 is 4.79 Å². The Morgan fingerprint density at radius 2 is 1.12 bits per heavy atom. The van der Waals surface area contributed by atoms with Crippen LogP contribution in [-0.2, 0) is 123 Å². The molecular formula is C115H183ClO25Si4. The van der Waals surface area contributed by atoms with Gasteiger partial charge in [0.1, 0.15) is 54.1 Å². The molecule has 6 aliphatic rings. The molecule has 9 rings (SSSR count). The summed E-state index contributed by atoms with van der Waals surface area (Å²) in [6.45, 7) is 71.4. The maximum atomic E-state index is 15.5. The summed E-state index contributed by atoms with van der Waals surface area (Å²) >= 11 is 6.52. The number of ketones is 1. The highest BCUT2D eigenvalue weighted by Crippen LogP contribution is 2.54. The number of unbranched alkanes of at least 4 members (excludes halogenated alkanes) is 1. The first-order valence-electron chi connectivity index (χ1n) is 53.2. The summed E-state index contributed by atoms with van der Waals surface area (Å²) in [4.78, 5) is 55.0. The lowest BCUT2D eigenvalue weighted by atomic mass is 9.78. The molecule has 0 radical (unpaired) electrons. The summed E-state index contributed by atoms with van der Waals surface area (Å²) in [6, 6.07) is 26.4. The van der Waals surface area contributed by atoms with Gasteiger partial charge < -0.3 is 98.2 Å². The minimum absolute atomic E-state index is 0.0306. The van der Waals surface area contributed by atoms with Gasteiger partial charge in [-0.1, -0.05) is 221 Å². The molecule has 0 N–H and O–H groups in total. The van der Waals surface area contributed by atoms with Gasteiger partial charge in [-0.25, -0.2) is 0 Å². The summed E-state index contributed by atoms with van der Waals surface area (Å²) in [5.41, 5.74) is 3.53. The summed E-state index contributed by atoms with van der Waals surface area (Å²) in [5, 5.41) is -0.0339. The van der Waals surface area contributed by atoms with E-state index in [1.807, 2.05) is 98.8 Å². The van der Waals surface area contributed by atoms with Gasteiger partial charge in [0, 0.05) is 115 Å². The van der Waals surface area contributed by atoms with Crippen LogP contribution in [0, 0.1) is 23.7 Å². The molecule has 145 heavy (non-hydrogen) atoms. The number of hydrogen-bond acceptors (Lipinski definition) is 25. The Bertz CT molecular complexity index is 4710. The van der Waals surface area contributed by atoms with Crippen molar-refractivity contribution in [3.8, 4) is 17.2 Å². The first-order valence-corrected chi connectivity index (χ1v) is 64.8. The van der Waals surface area contributed by atoms with Gasteiger partial charge in [0.25, 0.3) is 0 Å². The van der Waals surface area contributed by atoms with Crippen molar-refractivity contribution in [1.29, 1.82) is 0 Å². The van der Waals surface area contributed by atoms with Crippen molar-refractivity contribution < 1.29 is 117 Å². The van der Waals surface area contributed by atoms with Crippen LogP contribution in [0.25, 0.3) is 0 Å². The number of Topliss-reactive ketones (excluding diaryl/α,β-unsaturated/α-hetero) is 1. The van der Waals surface area contributed by atoms with Crippen molar-refractivity contribution in [1.82, 2.24) is 0 Å². The third-order valence-corrected chi connectivity index (χ3v) is 51.0. The van der Waals surface area contributed by atoms with Crippen molar-refractivity contribution in [3.63, 3.8) is 0 Å². The number of ether oxygens (including phenoxy) is 17. The molecule has 0 amide bonds. The third kappa shape index (κ3) is 34.1. The molecule has 0 aromatic heterocycles. The highest BCUT2D eigenvalue weighted by Gasteiger charge is 2.62. The number of benzene rings is 3. The van der Waals surface area contributed by atoms with E-state index in [9.17, 15) is 14.4 Å². The smallest absolute Gasteiger partial charge is 0.308 e. The zero-order valence-electron chi connectivity index (χ0n) is 93.7. The Morgan fingerprint density at radius 3 is 1.65 bits per heavy atom. The van der Waals surface area contributed by atoms with Crippen LogP contribution < -0.4 is 14.2 Å². The molecule has 3 aromatic rings. The highest BCUT2D eigenvalue weighted by molar-refractivity contribution is 6.75. The number of carbonyl (C=O) groups is 4. The fourth-order valence-corrected chi connectivity index (χ4v) is 28.3. The summed E-state index contributed by atoms with van der Waals surface area (Å²) in [5.74, 6) is -5.58. The SMILES string of the molecule is C=CCOC(=O)C[C@H]1C[C@H](OC(C)=O)C[C@@]2(C[C@@](C)(O[Si](CC)(CC)CC)C[C@H](CC(=C)[C@@H](C)[C@H](OC(C)=O)[C@H](C)C(=O)C[C@@H]3C[C@H](OC)C[C@@]4(C[C@@H](O[Si](C)(C)C(C)(C)C)C[C@H](/C=C\CCC[C@H]5O[C@@](OC)([C@@H](OCc6ccc(OC)cc6)[C@@H]6O[C@H](CC(=C)C[C@@H](/C=C/C(=C)Cl)O[Si](C)(C)C(C)(C)C)[C@H](OCc7ccc(OC)cc7)[C@H](OCc7ccc(OC)cc7)[C@H]6C)C[C@H](O[Si](C)(C)C(C)(C)C)[C@H]5C)O4)O3)O2)O1. The molecule has 3 aromatic carbocycles. The molecule has 6 fully saturated rings. The Morgan fingerprint density at radius 1 is 0.586 bits per heavy atom. The summed E-state index contributed by atoms with van der Waals surface area (Å²) < 4.78 is 145. The van der Waals surface area contributed by atoms with E-state index in [1.54, 1.807) is 35.5 Å². The zero-order chi connectivity index (χ0) is 107. The topological polar surface area (TPSA) is 262 Å². The van der Waals surface area contributed by atoms with E-state index in [-0.39, 0.29) is 104 Å². The van der Waals surface area contributed by atoms with Crippen LogP contribution in [0.1, 0.15) is 257 Å². The monoisotopic (exact) mass is 2110 g/mol. The lowest BCUT2D eigenvalue weighted by Crippen LogP contribution is -2.67. The normalized spacial score (nSPS) is 29.0. The fraction of sp³-hybridized carbons (Fsp3) is 0.704. The van der Waals surface area contributed by atoms with E-state index in [2.05, 4.69) is 175 Å². The van der Waals surface area contributed by atoms with Gasteiger partial charge in [-0.2, -0.15) is 0 Å². The van der Waals surface area contributed by atoms with Gasteiger partial charge >= 0.3 is 17.9 Å². The molecule has 25 nitrogen and oxygen atoms in total. The third-order valence-electron chi connectivity index (χ3n) is 32.5. The Balaban J connectivity index is 1.03. The van der Waals surface area contributed by atoms with Gasteiger partial charge in [0.2, 0.25) is 0 Å². The van der Waals surface area contributed by atoms with E-state index in [4.69, 9.17) is 116 Å². The highest BCUT2D eigenvalue weighted by atomic mass is 35.5. The zero-order valence-corrected chi connectivity index (χ0v) is 98.5. The molecule has 30 heteroatoms. The van der Waals surface area contributed by atoms with E-state index < -0.39 is 171 Å². The van der Waals surface area contributed by atoms with E-state index in [0.29, 0.717) is 93.4 Å². The van der Waals surface area contributed by atoms with Gasteiger partial charge in [-0.15, -0.1) is 0 Å². The number of allylic oxidation sites excluding steroid dienone is 3. The minimum Gasteiger partial charge on any atom is -0.497 e. The van der Waals surface area contributed by atoms with Crippen LogP contribution >= 0.6 is 11.6 Å².